The number of ether oxygens (including phenoxy) is 2. The first kappa shape index (κ1) is 26.4. The SMILES string of the molecule is COc1cc(OC)c(F)c(N(Cc2nccn2SN(C)C)c2cc3cc(-c4cnn(C)c4)cnc3cn2)c1F. The highest BCUT2D eigenvalue weighted by Crippen LogP contribution is 2.41. The molecule has 13 heteroatoms. The molecule has 0 atom stereocenters. The number of halogens is 2. The molecule has 0 fully saturated rings. The molecule has 39 heavy (non-hydrogen) atoms. The number of aryl methyl sites for hydroxylation is 1. The quantitative estimate of drug-likeness (QED) is 0.239. The minimum Gasteiger partial charge on any atom is -0.493 e. The van der Waals surface area contributed by atoms with Gasteiger partial charge in [-0.25, -0.2) is 23.1 Å². The Labute approximate surface area is 228 Å². The van der Waals surface area contributed by atoms with Crippen molar-refractivity contribution in [2.24, 2.45) is 7.05 Å². The third-order valence-corrected chi connectivity index (χ3v) is 6.75. The number of hydrogen-bond acceptors (Lipinski definition) is 9. The van der Waals surface area contributed by atoms with Gasteiger partial charge < -0.3 is 14.4 Å². The topological polar surface area (TPSA) is 86.4 Å². The van der Waals surface area contributed by atoms with Gasteiger partial charge in [0.2, 0.25) is 0 Å². The van der Waals surface area contributed by atoms with Gasteiger partial charge >= 0.3 is 0 Å². The van der Waals surface area contributed by atoms with Crippen molar-refractivity contribution in [2.75, 3.05) is 33.2 Å². The van der Waals surface area contributed by atoms with Crippen LogP contribution in [0.25, 0.3) is 22.0 Å². The molecule has 1 aromatic carbocycles. The fourth-order valence-corrected chi connectivity index (χ4v) is 4.76. The van der Waals surface area contributed by atoms with E-state index < -0.39 is 11.6 Å². The van der Waals surface area contributed by atoms with E-state index in [1.165, 1.54) is 37.3 Å². The highest BCUT2D eigenvalue weighted by Gasteiger charge is 2.28. The van der Waals surface area contributed by atoms with Gasteiger partial charge in [-0.3, -0.25) is 13.6 Å². The van der Waals surface area contributed by atoms with Crippen molar-refractivity contribution in [1.82, 2.24) is 33.0 Å². The number of imidazole rings is 1. The zero-order valence-corrected chi connectivity index (χ0v) is 22.8. The summed E-state index contributed by atoms with van der Waals surface area (Å²) >= 11 is 1.38. The molecular weight excluding hydrogens is 526 g/mol. The van der Waals surface area contributed by atoms with Crippen LogP contribution in [0.15, 0.2) is 55.4 Å². The number of aromatic nitrogens is 6. The largest absolute Gasteiger partial charge is 0.493 e. The second-order valence-corrected chi connectivity index (χ2v) is 10.1. The molecule has 0 amide bonds. The number of anilines is 2. The molecule has 4 aromatic heterocycles. The third-order valence-electron chi connectivity index (χ3n) is 5.92. The molecule has 0 aliphatic heterocycles. The Bertz CT molecular complexity index is 1610. The van der Waals surface area contributed by atoms with E-state index in [0.29, 0.717) is 11.3 Å². The van der Waals surface area contributed by atoms with Crippen LogP contribution in [-0.2, 0) is 13.6 Å². The van der Waals surface area contributed by atoms with Gasteiger partial charge in [0.15, 0.2) is 23.1 Å². The molecule has 4 heterocycles. The molecule has 10 nitrogen and oxygen atoms in total. The Hall–Kier alpha value is -4.23. The van der Waals surface area contributed by atoms with Gasteiger partial charge in [0.05, 0.1) is 38.7 Å². The molecule has 0 aliphatic rings. The Morgan fingerprint density at radius 3 is 2.31 bits per heavy atom. The van der Waals surface area contributed by atoms with Crippen molar-refractivity contribution >= 4 is 34.5 Å². The minimum absolute atomic E-state index is 0.00771. The molecule has 0 aliphatic carbocycles. The fourth-order valence-electron chi connectivity index (χ4n) is 4.10. The molecular formula is C26H26F2N8O2S. The second-order valence-electron chi connectivity index (χ2n) is 8.77. The van der Waals surface area contributed by atoms with E-state index in [1.807, 2.05) is 41.7 Å². The smallest absolute Gasteiger partial charge is 0.191 e. The summed E-state index contributed by atoms with van der Waals surface area (Å²) in [6.07, 6.45) is 10.3. The van der Waals surface area contributed by atoms with Gasteiger partial charge in [-0.2, -0.15) is 5.10 Å². The van der Waals surface area contributed by atoms with Crippen molar-refractivity contribution in [3.8, 4) is 22.6 Å². The lowest BCUT2D eigenvalue weighted by atomic mass is 10.1. The van der Waals surface area contributed by atoms with Crippen LogP contribution in [0.1, 0.15) is 5.82 Å². The van der Waals surface area contributed by atoms with Crippen LogP contribution in [0.2, 0.25) is 0 Å². The summed E-state index contributed by atoms with van der Waals surface area (Å²) in [7, 11) is 8.22. The summed E-state index contributed by atoms with van der Waals surface area (Å²) in [5.74, 6) is -1.29. The van der Waals surface area contributed by atoms with Crippen molar-refractivity contribution in [1.29, 1.82) is 0 Å². The number of benzene rings is 1. The molecule has 0 unspecified atom stereocenters. The predicted molar refractivity (Wildman–Crippen MR) is 146 cm³/mol. The van der Waals surface area contributed by atoms with E-state index in [0.717, 1.165) is 16.5 Å². The van der Waals surface area contributed by atoms with Crippen LogP contribution in [0.5, 0.6) is 11.5 Å². The van der Waals surface area contributed by atoms with Crippen LogP contribution in [0.4, 0.5) is 20.3 Å². The predicted octanol–water partition coefficient (Wildman–Crippen LogP) is 4.83. The van der Waals surface area contributed by atoms with Crippen molar-refractivity contribution in [3.63, 3.8) is 0 Å². The van der Waals surface area contributed by atoms with Gasteiger partial charge in [0.1, 0.15) is 17.3 Å². The number of rotatable bonds is 9. The van der Waals surface area contributed by atoms with Crippen LogP contribution in [-0.4, -0.2) is 61.3 Å². The van der Waals surface area contributed by atoms with Gasteiger partial charge in [0, 0.05) is 66.5 Å². The standard InChI is InChI=1S/C26H26F2N8O2S/c1-33(2)39-36-7-6-29-23(36)15-35(26-24(27)20(37-4)10-21(38-5)25(26)28)22-9-16-8-17(11-30-19(16)13-31-22)18-12-32-34(3)14-18/h6-14H,15H2,1-5H3. The Balaban J connectivity index is 1.68. The molecule has 202 valence electrons. The number of hydrogen-bond donors (Lipinski definition) is 0. The normalized spacial score (nSPS) is 11.4. The zero-order valence-electron chi connectivity index (χ0n) is 22.0. The molecule has 0 bridgehead atoms. The lowest BCUT2D eigenvalue weighted by Crippen LogP contribution is -2.23. The Morgan fingerprint density at radius 1 is 0.923 bits per heavy atom. The van der Waals surface area contributed by atoms with Crippen LogP contribution in [0.3, 0.4) is 0 Å². The molecule has 5 rings (SSSR count). The van der Waals surface area contributed by atoms with Crippen molar-refractivity contribution in [2.45, 2.75) is 6.54 Å². The molecule has 5 aromatic rings. The summed E-state index contributed by atoms with van der Waals surface area (Å²) in [6, 6.07) is 4.84. The molecule has 0 N–H and O–H groups in total. The summed E-state index contributed by atoms with van der Waals surface area (Å²) in [5.41, 5.74) is 1.98. The highest BCUT2D eigenvalue weighted by atomic mass is 32.2. The van der Waals surface area contributed by atoms with E-state index in [1.54, 1.807) is 41.7 Å². The monoisotopic (exact) mass is 552 g/mol. The number of pyridine rings is 2. The first-order valence-corrected chi connectivity index (χ1v) is 12.5. The van der Waals surface area contributed by atoms with E-state index in [9.17, 15) is 0 Å². The van der Waals surface area contributed by atoms with Gasteiger partial charge in [-0.1, -0.05) is 0 Å². The van der Waals surface area contributed by atoms with Crippen LogP contribution >= 0.6 is 12.1 Å². The first-order chi connectivity index (χ1) is 18.8. The van der Waals surface area contributed by atoms with Crippen molar-refractivity contribution < 1.29 is 18.3 Å². The maximum Gasteiger partial charge on any atom is 0.191 e. The summed E-state index contributed by atoms with van der Waals surface area (Å²) < 4.78 is 47.3. The molecule has 0 radical (unpaired) electrons. The highest BCUT2D eigenvalue weighted by molar-refractivity contribution is 7.95. The molecule has 0 saturated carbocycles. The third kappa shape index (κ3) is 5.22. The number of methoxy groups -OCH3 is 2. The maximum atomic E-state index is 15.8. The zero-order chi connectivity index (χ0) is 27.7. The van der Waals surface area contributed by atoms with Crippen molar-refractivity contribution in [3.05, 3.63) is 72.8 Å². The lowest BCUT2D eigenvalue weighted by Gasteiger charge is -2.26. The summed E-state index contributed by atoms with van der Waals surface area (Å²) in [5, 5.41) is 4.96. The van der Waals surface area contributed by atoms with E-state index >= 15 is 8.78 Å². The number of fused-ring (bicyclic) bond motifs is 1. The summed E-state index contributed by atoms with van der Waals surface area (Å²) in [6.45, 7) is -0.00771. The first-order valence-electron chi connectivity index (χ1n) is 11.8. The molecule has 0 saturated heterocycles. The van der Waals surface area contributed by atoms with Gasteiger partial charge in [-0.15, -0.1) is 0 Å². The van der Waals surface area contributed by atoms with E-state index in [4.69, 9.17) is 9.47 Å². The summed E-state index contributed by atoms with van der Waals surface area (Å²) in [4.78, 5) is 14.9. The maximum absolute atomic E-state index is 15.8. The molecule has 0 spiro atoms. The van der Waals surface area contributed by atoms with Crippen LogP contribution < -0.4 is 14.4 Å². The minimum atomic E-state index is -0.890. The second kappa shape index (κ2) is 10.9. The lowest BCUT2D eigenvalue weighted by molar-refractivity contribution is 0.358. The van der Waals surface area contributed by atoms with E-state index in [-0.39, 0.29) is 29.5 Å². The fraction of sp³-hybridized carbons (Fsp3) is 0.231. The van der Waals surface area contributed by atoms with Crippen LogP contribution in [0, 0.1) is 11.6 Å². The average Bonchev–Trinajstić information content (AvgIpc) is 3.55. The van der Waals surface area contributed by atoms with Gasteiger partial charge in [0.25, 0.3) is 0 Å². The van der Waals surface area contributed by atoms with E-state index in [2.05, 4.69) is 20.1 Å². The Morgan fingerprint density at radius 2 is 1.67 bits per heavy atom. The van der Waals surface area contributed by atoms with Gasteiger partial charge in [-0.05, 0) is 26.2 Å². The Kier molecular flexibility index (Phi) is 7.35. The number of nitrogens with zero attached hydrogens (tertiary/aromatic N) is 8. The average molecular weight is 553 g/mol.